The molecule has 1 nitrogen and oxygen atoms in total. The zero-order valence-electron chi connectivity index (χ0n) is 8.19. The molecule has 1 rings (SSSR count). The predicted molar refractivity (Wildman–Crippen MR) is 46.6 cm³/mol. The fraction of sp³-hybridized carbons (Fsp3) is 0.400. The lowest BCUT2D eigenvalue weighted by molar-refractivity contribution is -0.142. The van der Waals surface area contributed by atoms with Gasteiger partial charge < -0.3 is 5.11 Å². The summed E-state index contributed by atoms with van der Waals surface area (Å²) >= 11 is 0. The zero-order valence-corrected chi connectivity index (χ0v) is 8.19. The van der Waals surface area contributed by atoms with Gasteiger partial charge in [0, 0.05) is 0 Å². The van der Waals surface area contributed by atoms with E-state index in [-0.39, 0.29) is 0 Å². The van der Waals surface area contributed by atoms with E-state index >= 15 is 0 Å². The van der Waals surface area contributed by atoms with Gasteiger partial charge in [0.25, 0.3) is 0 Å². The number of hydrogen-bond acceptors (Lipinski definition) is 1. The van der Waals surface area contributed by atoms with Crippen molar-refractivity contribution in [3.05, 3.63) is 35.1 Å². The van der Waals surface area contributed by atoms with Gasteiger partial charge >= 0.3 is 6.18 Å². The summed E-state index contributed by atoms with van der Waals surface area (Å²) < 4.78 is 50.5. The Kier molecular flexibility index (Phi) is 2.78. The number of rotatable bonds is 1. The van der Waals surface area contributed by atoms with Crippen molar-refractivity contribution in [2.45, 2.75) is 25.6 Å². The van der Waals surface area contributed by atoms with E-state index in [1.54, 1.807) is 0 Å². The Morgan fingerprint density at radius 1 is 1.13 bits per heavy atom. The van der Waals surface area contributed by atoms with E-state index in [1.807, 2.05) is 0 Å². The number of alkyl halides is 3. The second-order valence-electron chi connectivity index (χ2n) is 3.72. The van der Waals surface area contributed by atoms with Gasteiger partial charge in [-0.3, -0.25) is 0 Å². The third kappa shape index (κ3) is 2.47. The molecule has 0 amide bonds. The standard InChI is InChI=1S/C10H10F4O/c1-9(2,15)6-4-3-5-7(11)8(6)10(12,13)14/h3-5,15H,1-2H3. The third-order valence-electron chi connectivity index (χ3n) is 1.96. The molecule has 0 heterocycles. The van der Waals surface area contributed by atoms with Gasteiger partial charge in [-0.05, 0) is 25.5 Å². The quantitative estimate of drug-likeness (QED) is 0.724. The van der Waals surface area contributed by atoms with E-state index in [2.05, 4.69) is 0 Å². The van der Waals surface area contributed by atoms with Crippen molar-refractivity contribution in [2.75, 3.05) is 0 Å². The molecular formula is C10H10F4O. The molecule has 0 atom stereocenters. The monoisotopic (exact) mass is 222 g/mol. The van der Waals surface area contributed by atoms with Crippen LogP contribution in [0.25, 0.3) is 0 Å². The van der Waals surface area contributed by atoms with Crippen molar-refractivity contribution in [3.63, 3.8) is 0 Å². The van der Waals surface area contributed by atoms with Crippen LogP contribution in [-0.4, -0.2) is 5.11 Å². The largest absolute Gasteiger partial charge is 0.419 e. The van der Waals surface area contributed by atoms with Gasteiger partial charge in [0.1, 0.15) is 5.82 Å². The maximum Gasteiger partial charge on any atom is 0.419 e. The van der Waals surface area contributed by atoms with Crippen LogP contribution < -0.4 is 0 Å². The minimum Gasteiger partial charge on any atom is -0.386 e. The normalized spacial score (nSPS) is 13.0. The Labute approximate surface area is 84.3 Å². The minimum atomic E-state index is -4.80. The predicted octanol–water partition coefficient (Wildman–Crippen LogP) is 3.07. The molecule has 1 N–H and O–H groups in total. The van der Waals surface area contributed by atoms with E-state index < -0.39 is 28.7 Å². The first-order valence-electron chi connectivity index (χ1n) is 4.22. The summed E-state index contributed by atoms with van der Waals surface area (Å²) in [5.41, 5.74) is -3.60. The Morgan fingerprint density at radius 2 is 1.67 bits per heavy atom. The maximum atomic E-state index is 13.0. The molecule has 0 unspecified atom stereocenters. The average Bonchev–Trinajstić information content (AvgIpc) is 1.99. The summed E-state index contributed by atoms with van der Waals surface area (Å²) in [5, 5.41) is 9.49. The first-order valence-corrected chi connectivity index (χ1v) is 4.22. The van der Waals surface area contributed by atoms with Crippen molar-refractivity contribution in [2.24, 2.45) is 0 Å². The molecule has 1 aromatic rings. The molecule has 0 aliphatic carbocycles. The smallest absolute Gasteiger partial charge is 0.386 e. The third-order valence-corrected chi connectivity index (χ3v) is 1.96. The van der Waals surface area contributed by atoms with Crippen LogP contribution in [0.5, 0.6) is 0 Å². The molecule has 5 heteroatoms. The number of hydrogen-bond donors (Lipinski definition) is 1. The van der Waals surface area contributed by atoms with Crippen LogP contribution in [0, 0.1) is 5.82 Å². The van der Waals surface area contributed by atoms with Gasteiger partial charge in [-0.25, -0.2) is 4.39 Å². The van der Waals surface area contributed by atoms with Gasteiger partial charge in [-0.1, -0.05) is 12.1 Å². The molecule has 0 aromatic heterocycles. The molecule has 0 aliphatic heterocycles. The van der Waals surface area contributed by atoms with Crippen LogP contribution >= 0.6 is 0 Å². The van der Waals surface area contributed by atoms with Crippen molar-refractivity contribution >= 4 is 0 Å². The molecule has 84 valence electrons. The average molecular weight is 222 g/mol. The highest BCUT2D eigenvalue weighted by Crippen LogP contribution is 2.38. The van der Waals surface area contributed by atoms with Gasteiger partial charge in [0.05, 0.1) is 11.2 Å². The molecule has 0 saturated heterocycles. The minimum absolute atomic E-state index is 0.463. The lowest BCUT2D eigenvalue weighted by atomic mass is 9.92. The Morgan fingerprint density at radius 3 is 2.00 bits per heavy atom. The molecule has 15 heavy (non-hydrogen) atoms. The highest BCUT2D eigenvalue weighted by atomic mass is 19.4. The van der Waals surface area contributed by atoms with E-state index in [1.165, 1.54) is 13.8 Å². The zero-order chi connectivity index (χ0) is 11.9. The van der Waals surface area contributed by atoms with Crippen LogP contribution in [-0.2, 0) is 11.8 Å². The summed E-state index contributed by atoms with van der Waals surface area (Å²) in [5.74, 6) is -1.37. The van der Waals surface area contributed by atoms with Crippen molar-refractivity contribution in [1.29, 1.82) is 0 Å². The van der Waals surface area contributed by atoms with Gasteiger partial charge in [0.2, 0.25) is 0 Å². The van der Waals surface area contributed by atoms with Crippen LogP contribution in [0.4, 0.5) is 17.6 Å². The van der Waals surface area contributed by atoms with Crippen molar-refractivity contribution in [1.82, 2.24) is 0 Å². The lowest BCUT2D eigenvalue weighted by Crippen LogP contribution is -2.23. The summed E-state index contributed by atoms with van der Waals surface area (Å²) in [7, 11) is 0. The van der Waals surface area contributed by atoms with Crippen molar-refractivity contribution in [3.8, 4) is 0 Å². The summed E-state index contributed by atoms with van der Waals surface area (Å²) in [6.45, 7) is 2.36. The number of aliphatic hydroxyl groups is 1. The van der Waals surface area contributed by atoms with E-state index in [0.717, 1.165) is 18.2 Å². The van der Waals surface area contributed by atoms with E-state index in [0.29, 0.717) is 0 Å². The molecule has 0 spiro atoms. The van der Waals surface area contributed by atoms with Gasteiger partial charge in [0.15, 0.2) is 0 Å². The van der Waals surface area contributed by atoms with Crippen LogP contribution in [0.15, 0.2) is 18.2 Å². The molecular weight excluding hydrogens is 212 g/mol. The summed E-state index contributed by atoms with van der Waals surface area (Å²) in [6.07, 6.45) is -4.80. The molecule has 0 bridgehead atoms. The van der Waals surface area contributed by atoms with Gasteiger partial charge in [-0.15, -0.1) is 0 Å². The molecule has 1 aromatic carbocycles. The van der Waals surface area contributed by atoms with E-state index in [4.69, 9.17) is 0 Å². The number of benzene rings is 1. The molecule has 0 fully saturated rings. The fourth-order valence-corrected chi connectivity index (χ4v) is 1.32. The summed E-state index contributed by atoms with van der Waals surface area (Å²) in [4.78, 5) is 0. The second-order valence-corrected chi connectivity index (χ2v) is 3.72. The Bertz CT molecular complexity index is 363. The lowest BCUT2D eigenvalue weighted by Gasteiger charge is -2.23. The second kappa shape index (κ2) is 3.48. The van der Waals surface area contributed by atoms with Crippen molar-refractivity contribution < 1.29 is 22.7 Å². The van der Waals surface area contributed by atoms with Crippen LogP contribution in [0.1, 0.15) is 25.0 Å². The maximum absolute atomic E-state index is 13.0. The summed E-state index contributed by atoms with van der Waals surface area (Å²) in [6, 6.07) is 2.92. The van der Waals surface area contributed by atoms with Crippen LogP contribution in [0.3, 0.4) is 0 Å². The highest BCUT2D eigenvalue weighted by molar-refractivity contribution is 5.34. The SMILES string of the molecule is CC(C)(O)c1cccc(F)c1C(F)(F)F. The fourth-order valence-electron chi connectivity index (χ4n) is 1.32. The molecule has 0 saturated carbocycles. The molecule has 0 radical (unpaired) electrons. The topological polar surface area (TPSA) is 20.2 Å². The Balaban J connectivity index is 3.48. The first-order chi connectivity index (χ1) is 6.64. The first kappa shape index (κ1) is 12.0. The van der Waals surface area contributed by atoms with Crippen LogP contribution in [0.2, 0.25) is 0 Å². The highest BCUT2D eigenvalue weighted by Gasteiger charge is 2.39. The molecule has 0 aliphatic rings. The Hall–Kier alpha value is -1.10. The van der Waals surface area contributed by atoms with E-state index in [9.17, 15) is 22.7 Å². The van der Waals surface area contributed by atoms with Gasteiger partial charge in [-0.2, -0.15) is 13.2 Å². The number of halogens is 4.